The summed E-state index contributed by atoms with van der Waals surface area (Å²) in [7, 11) is 0. The third kappa shape index (κ3) is 2.03. The van der Waals surface area contributed by atoms with E-state index in [1.807, 2.05) is 12.1 Å². The van der Waals surface area contributed by atoms with Crippen LogP contribution in [0.1, 0.15) is 49.3 Å². The fourth-order valence-electron chi connectivity index (χ4n) is 4.41. The van der Waals surface area contributed by atoms with Crippen molar-refractivity contribution in [2.75, 3.05) is 6.79 Å². The van der Waals surface area contributed by atoms with Crippen LogP contribution in [0.4, 0.5) is 0 Å². The van der Waals surface area contributed by atoms with E-state index in [4.69, 9.17) is 23.7 Å². The van der Waals surface area contributed by atoms with Gasteiger partial charge in [0.2, 0.25) is 13.1 Å². The van der Waals surface area contributed by atoms with E-state index in [1.54, 1.807) is 0 Å². The summed E-state index contributed by atoms with van der Waals surface area (Å²) in [6.07, 6.45) is 2.57. The molecule has 0 aromatic heterocycles. The number of ether oxygens (including phenoxy) is 5. The smallest absolute Gasteiger partial charge is 0.242 e. The average Bonchev–Trinajstić information content (AvgIpc) is 3.05. The molecule has 0 spiro atoms. The maximum atomic E-state index is 6.18. The molecule has 5 nitrogen and oxygen atoms in total. The summed E-state index contributed by atoms with van der Waals surface area (Å²) in [4.78, 5) is 0. The van der Waals surface area contributed by atoms with Gasteiger partial charge in [-0.2, -0.15) is 0 Å². The van der Waals surface area contributed by atoms with Crippen molar-refractivity contribution in [3.8, 4) is 28.7 Å². The maximum absolute atomic E-state index is 6.18. The average molecular weight is 352 g/mol. The summed E-state index contributed by atoms with van der Waals surface area (Å²) in [5, 5.41) is 0. The fraction of sp³-hybridized carbons (Fsp3) is 0.429. The van der Waals surface area contributed by atoms with Crippen LogP contribution >= 0.6 is 0 Å². The van der Waals surface area contributed by atoms with Crippen LogP contribution in [0, 0.1) is 0 Å². The van der Waals surface area contributed by atoms with Crippen LogP contribution in [0.2, 0.25) is 0 Å². The lowest BCUT2D eigenvalue weighted by atomic mass is 9.82. The molecule has 134 valence electrons. The highest BCUT2D eigenvalue weighted by atomic mass is 16.7. The zero-order chi connectivity index (χ0) is 17.5. The lowest BCUT2D eigenvalue weighted by Gasteiger charge is -2.39. The topological polar surface area (TPSA) is 46.2 Å². The Balaban J connectivity index is 1.48. The van der Waals surface area contributed by atoms with Crippen LogP contribution in [0.5, 0.6) is 28.7 Å². The van der Waals surface area contributed by atoms with Crippen molar-refractivity contribution < 1.29 is 23.7 Å². The standard InChI is InChI=1S/C21H20O5/c1-21(2)4-3-11-5-13-12-7-20(24-16(13)8-15(11)26-21)25-17-9-19-18(6-14(12)17)22-10-23-19/h5-6,8-9,12,20H,3-4,7,10H2,1-2H3. The third-order valence-electron chi connectivity index (χ3n) is 5.78. The van der Waals surface area contributed by atoms with E-state index in [2.05, 4.69) is 26.0 Å². The Hall–Kier alpha value is -2.56. The first-order valence-corrected chi connectivity index (χ1v) is 9.18. The molecule has 0 saturated heterocycles. The van der Waals surface area contributed by atoms with E-state index in [0.717, 1.165) is 53.6 Å². The van der Waals surface area contributed by atoms with Crippen LogP contribution in [-0.2, 0) is 6.42 Å². The largest absolute Gasteiger partial charge is 0.487 e. The molecule has 2 aromatic rings. The molecule has 5 heteroatoms. The van der Waals surface area contributed by atoms with Gasteiger partial charge in [0.05, 0.1) is 0 Å². The van der Waals surface area contributed by atoms with Gasteiger partial charge in [0.1, 0.15) is 22.8 Å². The molecule has 6 rings (SSSR count). The van der Waals surface area contributed by atoms with Crippen molar-refractivity contribution >= 4 is 0 Å². The number of fused-ring (bicyclic) bond motifs is 8. The quantitative estimate of drug-likeness (QED) is 0.713. The molecule has 2 bridgehead atoms. The predicted octanol–water partition coefficient (Wildman–Crippen LogP) is 4.15. The van der Waals surface area contributed by atoms with Crippen LogP contribution in [-0.4, -0.2) is 18.7 Å². The second-order valence-electron chi connectivity index (χ2n) is 8.06. The van der Waals surface area contributed by atoms with E-state index in [-0.39, 0.29) is 24.6 Å². The number of rotatable bonds is 0. The summed E-state index contributed by atoms with van der Waals surface area (Å²) in [6.45, 7) is 4.53. The summed E-state index contributed by atoms with van der Waals surface area (Å²) in [6, 6.07) is 8.30. The molecule has 2 aromatic carbocycles. The van der Waals surface area contributed by atoms with Crippen molar-refractivity contribution in [1.29, 1.82) is 0 Å². The lowest BCUT2D eigenvalue weighted by molar-refractivity contribution is -0.0271. The molecule has 26 heavy (non-hydrogen) atoms. The summed E-state index contributed by atoms with van der Waals surface area (Å²) >= 11 is 0. The van der Waals surface area contributed by atoms with Crippen LogP contribution < -0.4 is 23.7 Å². The van der Waals surface area contributed by atoms with Gasteiger partial charge in [-0.25, -0.2) is 0 Å². The van der Waals surface area contributed by atoms with Crippen LogP contribution in [0.15, 0.2) is 24.3 Å². The zero-order valence-electron chi connectivity index (χ0n) is 14.8. The van der Waals surface area contributed by atoms with E-state index in [0.29, 0.717) is 0 Å². The van der Waals surface area contributed by atoms with Gasteiger partial charge in [-0.05, 0) is 44.4 Å². The molecule has 0 radical (unpaired) electrons. The Morgan fingerprint density at radius 3 is 2.35 bits per heavy atom. The molecular formula is C21H20O5. The molecule has 4 aliphatic rings. The van der Waals surface area contributed by atoms with Gasteiger partial charge in [-0.3, -0.25) is 0 Å². The van der Waals surface area contributed by atoms with E-state index < -0.39 is 0 Å². The highest BCUT2D eigenvalue weighted by molar-refractivity contribution is 5.60. The van der Waals surface area contributed by atoms with Gasteiger partial charge in [0.25, 0.3) is 0 Å². The number of hydrogen-bond donors (Lipinski definition) is 0. The Morgan fingerprint density at radius 2 is 1.54 bits per heavy atom. The van der Waals surface area contributed by atoms with E-state index in [9.17, 15) is 0 Å². The zero-order valence-corrected chi connectivity index (χ0v) is 14.8. The minimum Gasteiger partial charge on any atom is -0.487 e. The van der Waals surface area contributed by atoms with Crippen molar-refractivity contribution in [1.82, 2.24) is 0 Å². The second-order valence-corrected chi connectivity index (χ2v) is 8.06. The van der Waals surface area contributed by atoms with Gasteiger partial charge in [0.15, 0.2) is 11.5 Å². The third-order valence-corrected chi connectivity index (χ3v) is 5.78. The molecule has 2 atom stereocenters. The molecule has 0 N–H and O–H groups in total. The first kappa shape index (κ1) is 14.6. The summed E-state index contributed by atoms with van der Waals surface area (Å²) < 4.78 is 29.5. The monoisotopic (exact) mass is 352 g/mol. The highest BCUT2D eigenvalue weighted by Crippen LogP contribution is 2.52. The first-order valence-electron chi connectivity index (χ1n) is 9.18. The fourth-order valence-corrected chi connectivity index (χ4v) is 4.41. The molecule has 4 aliphatic heterocycles. The SMILES string of the molecule is CC1(C)CCc2cc3c(cc2O1)OC1CC3c2cc3c(cc2O1)OCO3. The minimum atomic E-state index is -0.282. The van der Waals surface area contributed by atoms with E-state index >= 15 is 0 Å². The molecular weight excluding hydrogens is 332 g/mol. The lowest BCUT2D eigenvalue weighted by Crippen LogP contribution is -2.36. The molecule has 0 amide bonds. The number of benzene rings is 2. The van der Waals surface area contributed by atoms with Crippen LogP contribution in [0.3, 0.4) is 0 Å². The van der Waals surface area contributed by atoms with Crippen molar-refractivity contribution in [3.05, 3.63) is 41.0 Å². The Bertz CT molecular complexity index is 932. The molecule has 0 fully saturated rings. The van der Waals surface area contributed by atoms with Gasteiger partial charge in [-0.15, -0.1) is 0 Å². The Morgan fingerprint density at radius 1 is 0.846 bits per heavy atom. The van der Waals surface area contributed by atoms with Gasteiger partial charge >= 0.3 is 0 Å². The molecule has 2 unspecified atom stereocenters. The maximum Gasteiger partial charge on any atom is 0.242 e. The Labute approximate surface area is 151 Å². The Kier molecular flexibility index (Phi) is 2.68. The van der Waals surface area contributed by atoms with Gasteiger partial charge in [0, 0.05) is 35.6 Å². The molecule has 0 aliphatic carbocycles. The van der Waals surface area contributed by atoms with Crippen molar-refractivity contribution in [3.63, 3.8) is 0 Å². The normalized spacial score (nSPS) is 25.8. The number of aryl methyl sites for hydroxylation is 1. The molecule has 4 heterocycles. The first-order chi connectivity index (χ1) is 12.6. The van der Waals surface area contributed by atoms with Gasteiger partial charge < -0.3 is 23.7 Å². The van der Waals surface area contributed by atoms with E-state index in [1.165, 1.54) is 11.1 Å². The second kappa shape index (κ2) is 4.78. The summed E-state index contributed by atoms with van der Waals surface area (Å²) in [5.41, 5.74) is 3.49. The van der Waals surface area contributed by atoms with Gasteiger partial charge in [-0.1, -0.05) is 0 Å². The minimum absolute atomic E-state index is 0.132. The van der Waals surface area contributed by atoms with Crippen molar-refractivity contribution in [2.45, 2.75) is 50.9 Å². The van der Waals surface area contributed by atoms with Crippen LogP contribution in [0.25, 0.3) is 0 Å². The summed E-state index contributed by atoms with van der Waals surface area (Å²) in [5.74, 6) is 4.40. The number of hydrogen-bond acceptors (Lipinski definition) is 5. The molecule has 0 saturated carbocycles. The predicted molar refractivity (Wildman–Crippen MR) is 93.5 cm³/mol. The highest BCUT2D eigenvalue weighted by Gasteiger charge is 2.40. The van der Waals surface area contributed by atoms with Crippen molar-refractivity contribution in [2.24, 2.45) is 0 Å².